The first-order valence-corrected chi connectivity index (χ1v) is 6.54. The third-order valence-electron chi connectivity index (χ3n) is 2.81. The van der Waals surface area contributed by atoms with Crippen molar-refractivity contribution in [3.05, 3.63) is 63.6 Å². The molecule has 0 heterocycles. The van der Waals surface area contributed by atoms with Gasteiger partial charge in [-0.15, -0.1) is 0 Å². The summed E-state index contributed by atoms with van der Waals surface area (Å²) in [5, 5.41) is 8.82. The fraction of sp³-hybridized carbons (Fsp3) is 0.0667. The van der Waals surface area contributed by atoms with Gasteiger partial charge in [-0.1, -0.05) is 12.1 Å². The van der Waals surface area contributed by atoms with Crippen molar-refractivity contribution >= 4 is 27.7 Å². The van der Waals surface area contributed by atoms with Crippen LogP contribution in [0.3, 0.4) is 0 Å². The number of carbonyl (C=O) groups is 2. The van der Waals surface area contributed by atoms with Crippen LogP contribution in [0.15, 0.2) is 46.9 Å². The highest BCUT2D eigenvalue weighted by atomic mass is 79.9. The summed E-state index contributed by atoms with van der Waals surface area (Å²) in [5.41, 5.74) is 1.09. The van der Waals surface area contributed by atoms with E-state index in [1.54, 1.807) is 25.3 Å². The minimum Gasteiger partial charge on any atom is -0.496 e. The third kappa shape index (κ3) is 2.88. The molecule has 0 aromatic heterocycles. The van der Waals surface area contributed by atoms with Crippen LogP contribution in [0.1, 0.15) is 26.3 Å². The van der Waals surface area contributed by atoms with Crippen molar-refractivity contribution < 1.29 is 19.4 Å². The van der Waals surface area contributed by atoms with Crippen molar-refractivity contribution in [1.82, 2.24) is 0 Å². The lowest BCUT2D eigenvalue weighted by Gasteiger charge is -2.06. The standard InChI is InChI=1S/C15H11BrO4/c1-20-13-7-6-11(8-12(13)16)14(17)9-2-4-10(5-3-9)15(18)19/h2-8H,1H3,(H,18,19). The topological polar surface area (TPSA) is 63.6 Å². The zero-order valence-electron chi connectivity index (χ0n) is 10.6. The predicted octanol–water partition coefficient (Wildman–Crippen LogP) is 3.39. The first-order valence-electron chi connectivity index (χ1n) is 5.74. The van der Waals surface area contributed by atoms with Crippen molar-refractivity contribution in [2.24, 2.45) is 0 Å². The van der Waals surface area contributed by atoms with E-state index in [1.807, 2.05) is 0 Å². The molecule has 0 aliphatic heterocycles. The first-order chi connectivity index (χ1) is 9.52. The maximum Gasteiger partial charge on any atom is 0.335 e. The average molecular weight is 335 g/mol. The molecule has 0 atom stereocenters. The van der Waals surface area contributed by atoms with Gasteiger partial charge < -0.3 is 9.84 Å². The van der Waals surface area contributed by atoms with Crippen molar-refractivity contribution in [2.45, 2.75) is 0 Å². The molecule has 2 aromatic carbocycles. The molecule has 2 aromatic rings. The molecule has 0 saturated carbocycles. The van der Waals surface area contributed by atoms with Gasteiger partial charge in [0.2, 0.25) is 0 Å². The van der Waals surface area contributed by atoms with E-state index in [-0.39, 0.29) is 11.3 Å². The zero-order valence-corrected chi connectivity index (χ0v) is 12.2. The number of aromatic carboxylic acids is 1. The number of carboxylic acids is 1. The minimum atomic E-state index is -1.02. The molecule has 0 bridgehead atoms. The molecule has 0 unspecified atom stereocenters. The second-order valence-electron chi connectivity index (χ2n) is 4.06. The molecule has 0 spiro atoms. The quantitative estimate of drug-likeness (QED) is 0.870. The average Bonchev–Trinajstić information content (AvgIpc) is 2.46. The number of hydrogen-bond acceptors (Lipinski definition) is 3. The molecule has 4 nitrogen and oxygen atoms in total. The van der Waals surface area contributed by atoms with Crippen LogP contribution in [-0.2, 0) is 0 Å². The highest BCUT2D eigenvalue weighted by Gasteiger charge is 2.12. The third-order valence-corrected chi connectivity index (χ3v) is 3.43. The summed E-state index contributed by atoms with van der Waals surface area (Å²) < 4.78 is 5.79. The van der Waals surface area contributed by atoms with E-state index < -0.39 is 5.97 Å². The van der Waals surface area contributed by atoms with Crippen LogP contribution in [0.5, 0.6) is 5.75 Å². The van der Waals surface area contributed by atoms with Gasteiger partial charge in [0.1, 0.15) is 5.75 Å². The zero-order chi connectivity index (χ0) is 14.7. The molecule has 1 N–H and O–H groups in total. The van der Waals surface area contributed by atoms with E-state index in [9.17, 15) is 9.59 Å². The van der Waals surface area contributed by atoms with Crippen LogP contribution in [0, 0.1) is 0 Å². The Hall–Kier alpha value is -2.14. The van der Waals surface area contributed by atoms with Gasteiger partial charge in [0, 0.05) is 11.1 Å². The smallest absolute Gasteiger partial charge is 0.335 e. The fourth-order valence-corrected chi connectivity index (χ4v) is 2.28. The molecule has 0 aliphatic rings. The lowest BCUT2D eigenvalue weighted by atomic mass is 10.0. The molecule has 5 heteroatoms. The van der Waals surface area contributed by atoms with Gasteiger partial charge in [-0.3, -0.25) is 4.79 Å². The molecule has 20 heavy (non-hydrogen) atoms. The summed E-state index contributed by atoms with van der Waals surface area (Å²) in [6.45, 7) is 0. The largest absolute Gasteiger partial charge is 0.496 e. The lowest BCUT2D eigenvalue weighted by molar-refractivity contribution is 0.0696. The number of benzene rings is 2. The highest BCUT2D eigenvalue weighted by molar-refractivity contribution is 9.10. The number of rotatable bonds is 4. The normalized spacial score (nSPS) is 10.1. The van der Waals surface area contributed by atoms with E-state index in [0.717, 1.165) is 0 Å². The maximum absolute atomic E-state index is 12.3. The van der Waals surface area contributed by atoms with Crippen LogP contribution in [0.25, 0.3) is 0 Å². The number of ether oxygens (including phenoxy) is 1. The molecule has 0 radical (unpaired) electrons. The number of carbonyl (C=O) groups excluding carboxylic acids is 1. The molecule has 0 amide bonds. The minimum absolute atomic E-state index is 0.150. The lowest BCUT2D eigenvalue weighted by Crippen LogP contribution is -2.03. The summed E-state index contributed by atoms with van der Waals surface area (Å²) in [6, 6.07) is 10.9. The van der Waals surface area contributed by atoms with E-state index in [1.165, 1.54) is 24.3 Å². The number of methoxy groups -OCH3 is 1. The fourth-order valence-electron chi connectivity index (χ4n) is 1.74. The summed E-state index contributed by atoms with van der Waals surface area (Å²) in [7, 11) is 1.55. The number of hydrogen-bond donors (Lipinski definition) is 1. The van der Waals surface area contributed by atoms with Gasteiger partial charge in [0.05, 0.1) is 17.1 Å². The predicted molar refractivity (Wildman–Crippen MR) is 77.5 cm³/mol. The van der Waals surface area contributed by atoms with Gasteiger partial charge in [-0.2, -0.15) is 0 Å². The Morgan fingerprint density at radius 2 is 1.55 bits per heavy atom. The Labute approximate surface area is 124 Å². The summed E-state index contributed by atoms with van der Waals surface area (Å²) in [6.07, 6.45) is 0. The summed E-state index contributed by atoms with van der Waals surface area (Å²) in [5.74, 6) is -0.552. The van der Waals surface area contributed by atoms with Crippen LogP contribution < -0.4 is 4.74 Å². The summed E-state index contributed by atoms with van der Waals surface area (Å²) in [4.78, 5) is 23.0. The van der Waals surface area contributed by atoms with Crippen molar-refractivity contribution in [3.63, 3.8) is 0 Å². The second kappa shape index (κ2) is 5.88. The molecule has 2 rings (SSSR count). The van der Waals surface area contributed by atoms with Gasteiger partial charge >= 0.3 is 5.97 Å². The first kappa shape index (κ1) is 14.3. The van der Waals surface area contributed by atoms with E-state index >= 15 is 0 Å². The second-order valence-corrected chi connectivity index (χ2v) is 4.92. The van der Waals surface area contributed by atoms with Crippen LogP contribution in [0.2, 0.25) is 0 Å². The van der Waals surface area contributed by atoms with Crippen LogP contribution in [0.4, 0.5) is 0 Å². The van der Waals surface area contributed by atoms with E-state index in [4.69, 9.17) is 9.84 Å². The summed E-state index contributed by atoms with van der Waals surface area (Å²) >= 11 is 3.32. The molecule has 0 aliphatic carbocycles. The SMILES string of the molecule is COc1ccc(C(=O)c2ccc(C(=O)O)cc2)cc1Br. The number of ketones is 1. The Balaban J connectivity index is 2.31. The van der Waals surface area contributed by atoms with E-state index in [0.29, 0.717) is 21.3 Å². The molecular formula is C15H11BrO4. The Morgan fingerprint density at radius 3 is 2.05 bits per heavy atom. The molecular weight excluding hydrogens is 324 g/mol. The monoisotopic (exact) mass is 334 g/mol. The van der Waals surface area contributed by atoms with Crippen LogP contribution in [-0.4, -0.2) is 24.0 Å². The van der Waals surface area contributed by atoms with Crippen molar-refractivity contribution in [3.8, 4) is 5.75 Å². The molecule has 102 valence electrons. The van der Waals surface area contributed by atoms with E-state index in [2.05, 4.69) is 15.9 Å². The van der Waals surface area contributed by atoms with Gasteiger partial charge in [-0.05, 0) is 46.3 Å². The Bertz CT molecular complexity index is 662. The Morgan fingerprint density at radius 1 is 1.00 bits per heavy atom. The van der Waals surface area contributed by atoms with Crippen molar-refractivity contribution in [2.75, 3.05) is 7.11 Å². The van der Waals surface area contributed by atoms with Crippen molar-refractivity contribution in [1.29, 1.82) is 0 Å². The molecule has 0 saturated heterocycles. The van der Waals surface area contributed by atoms with Crippen LogP contribution >= 0.6 is 15.9 Å². The number of halogens is 1. The highest BCUT2D eigenvalue weighted by Crippen LogP contribution is 2.26. The van der Waals surface area contributed by atoms with Gasteiger partial charge in [-0.25, -0.2) is 4.79 Å². The number of carboxylic acid groups (broad SMARTS) is 1. The van der Waals surface area contributed by atoms with Gasteiger partial charge in [0.15, 0.2) is 5.78 Å². The van der Waals surface area contributed by atoms with Gasteiger partial charge in [0.25, 0.3) is 0 Å². The maximum atomic E-state index is 12.3. The molecule has 0 fully saturated rings. The Kier molecular flexibility index (Phi) is 4.20.